The van der Waals surface area contributed by atoms with E-state index >= 15 is 0 Å². The van der Waals surface area contributed by atoms with E-state index in [9.17, 15) is 4.79 Å². The lowest BCUT2D eigenvalue weighted by molar-refractivity contribution is -0.124. The van der Waals surface area contributed by atoms with Crippen molar-refractivity contribution in [2.24, 2.45) is 5.73 Å². The van der Waals surface area contributed by atoms with Gasteiger partial charge in [0.25, 0.3) is 0 Å². The first-order chi connectivity index (χ1) is 8.57. The molecular formula is C14H29N3O. The van der Waals surface area contributed by atoms with Crippen molar-refractivity contribution < 1.29 is 4.79 Å². The third-order valence-electron chi connectivity index (χ3n) is 4.61. The standard InChI is InChI=1S/C14H29N3O/c1-4-14(5-2,11-15)17(3)10-13(18)16-12-8-6-7-9-12/h12H,4-11,15H2,1-3H3,(H,16,18). The molecule has 3 N–H and O–H groups in total. The molecule has 18 heavy (non-hydrogen) atoms. The highest BCUT2D eigenvalue weighted by atomic mass is 16.2. The monoisotopic (exact) mass is 255 g/mol. The molecule has 0 aromatic carbocycles. The van der Waals surface area contributed by atoms with Gasteiger partial charge in [-0.3, -0.25) is 9.69 Å². The van der Waals surface area contributed by atoms with Crippen molar-refractivity contribution in [2.45, 2.75) is 64.0 Å². The molecule has 106 valence electrons. The first kappa shape index (κ1) is 15.4. The Bertz CT molecular complexity index is 250. The van der Waals surface area contributed by atoms with Crippen LogP contribution < -0.4 is 11.1 Å². The Morgan fingerprint density at radius 3 is 2.33 bits per heavy atom. The zero-order chi connectivity index (χ0) is 13.6. The van der Waals surface area contributed by atoms with Crippen LogP contribution in [0, 0.1) is 0 Å². The van der Waals surface area contributed by atoms with Crippen LogP contribution in [0.3, 0.4) is 0 Å². The Balaban J connectivity index is 2.46. The minimum Gasteiger partial charge on any atom is -0.352 e. The SMILES string of the molecule is CCC(CC)(CN)N(C)CC(=O)NC1CCCC1. The highest BCUT2D eigenvalue weighted by Gasteiger charge is 2.30. The van der Waals surface area contributed by atoms with Crippen LogP contribution in [-0.4, -0.2) is 42.5 Å². The maximum atomic E-state index is 12.0. The van der Waals surface area contributed by atoms with Crippen molar-refractivity contribution in [3.8, 4) is 0 Å². The van der Waals surface area contributed by atoms with E-state index in [4.69, 9.17) is 5.73 Å². The van der Waals surface area contributed by atoms with Gasteiger partial charge in [-0.2, -0.15) is 0 Å². The van der Waals surface area contributed by atoms with Gasteiger partial charge in [0.05, 0.1) is 6.54 Å². The minimum absolute atomic E-state index is 0.0347. The molecule has 0 radical (unpaired) electrons. The van der Waals surface area contributed by atoms with E-state index in [0.717, 1.165) is 25.7 Å². The summed E-state index contributed by atoms with van der Waals surface area (Å²) in [5.41, 5.74) is 5.86. The van der Waals surface area contributed by atoms with Crippen LogP contribution in [0.1, 0.15) is 52.4 Å². The summed E-state index contributed by atoms with van der Waals surface area (Å²) in [7, 11) is 2.01. The Hall–Kier alpha value is -0.610. The lowest BCUT2D eigenvalue weighted by atomic mass is 9.91. The van der Waals surface area contributed by atoms with Gasteiger partial charge in [0.2, 0.25) is 5.91 Å². The van der Waals surface area contributed by atoms with Crippen molar-refractivity contribution in [1.82, 2.24) is 10.2 Å². The smallest absolute Gasteiger partial charge is 0.234 e. The molecule has 1 amide bonds. The zero-order valence-electron chi connectivity index (χ0n) is 12.2. The van der Waals surface area contributed by atoms with Crippen LogP contribution in [0.4, 0.5) is 0 Å². The zero-order valence-corrected chi connectivity index (χ0v) is 12.2. The lowest BCUT2D eigenvalue weighted by Gasteiger charge is -2.39. The highest BCUT2D eigenvalue weighted by Crippen LogP contribution is 2.21. The van der Waals surface area contributed by atoms with Crippen LogP contribution >= 0.6 is 0 Å². The third kappa shape index (κ3) is 3.69. The van der Waals surface area contributed by atoms with Gasteiger partial charge in [-0.1, -0.05) is 26.7 Å². The molecule has 0 heterocycles. The predicted octanol–water partition coefficient (Wildman–Crippen LogP) is 1.49. The number of carbonyl (C=O) groups is 1. The Labute approximate surface area is 111 Å². The molecule has 1 aliphatic rings. The number of likely N-dealkylation sites (N-methyl/N-ethyl adjacent to an activating group) is 1. The number of amides is 1. The first-order valence-electron chi connectivity index (χ1n) is 7.28. The fourth-order valence-corrected chi connectivity index (χ4v) is 2.96. The van der Waals surface area contributed by atoms with Gasteiger partial charge < -0.3 is 11.1 Å². The minimum atomic E-state index is -0.0347. The number of rotatable bonds is 7. The number of hydrogen-bond donors (Lipinski definition) is 2. The first-order valence-corrected chi connectivity index (χ1v) is 7.28. The van der Waals surface area contributed by atoms with Gasteiger partial charge in [0.15, 0.2) is 0 Å². The Morgan fingerprint density at radius 2 is 1.89 bits per heavy atom. The molecule has 4 heteroatoms. The van der Waals surface area contributed by atoms with Crippen molar-refractivity contribution in [3.05, 3.63) is 0 Å². The molecule has 0 unspecified atom stereocenters. The van der Waals surface area contributed by atoms with Crippen LogP contribution in [0.5, 0.6) is 0 Å². The second-order valence-electron chi connectivity index (χ2n) is 5.54. The van der Waals surface area contributed by atoms with E-state index in [1.54, 1.807) is 0 Å². The van der Waals surface area contributed by atoms with E-state index in [1.165, 1.54) is 12.8 Å². The average Bonchev–Trinajstić information content (AvgIpc) is 2.84. The van der Waals surface area contributed by atoms with Crippen molar-refractivity contribution >= 4 is 5.91 Å². The molecule has 0 spiro atoms. The number of carbonyl (C=O) groups excluding carboxylic acids is 1. The van der Waals surface area contributed by atoms with E-state index in [0.29, 0.717) is 19.1 Å². The van der Waals surface area contributed by atoms with Crippen LogP contribution in [0.15, 0.2) is 0 Å². The molecule has 0 atom stereocenters. The highest BCUT2D eigenvalue weighted by molar-refractivity contribution is 5.78. The fourth-order valence-electron chi connectivity index (χ4n) is 2.96. The maximum Gasteiger partial charge on any atom is 0.234 e. The molecule has 0 aromatic heterocycles. The summed E-state index contributed by atoms with van der Waals surface area (Å²) >= 11 is 0. The average molecular weight is 255 g/mol. The van der Waals surface area contributed by atoms with E-state index in [-0.39, 0.29) is 11.4 Å². The summed E-state index contributed by atoms with van der Waals surface area (Å²) in [5.74, 6) is 0.143. The second-order valence-corrected chi connectivity index (χ2v) is 5.54. The molecule has 1 saturated carbocycles. The molecule has 0 aliphatic heterocycles. The molecule has 4 nitrogen and oxygen atoms in total. The quantitative estimate of drug-likeness (QED) is 0.725. The summed E-state index contributed by atoms with van der Waals surface area (Å²) in [5, 5.41) is 3.13. The summed E-state index contributed by atoms with van der Waals surface area (Å²) in [6, 6.07) is 0.404. The summed E-state index contributed by atoms with van der Waals surface area (Å²) < 4.78 is 0. The summed E-state index contributed by atoms with van der Waals surface area (Å²) in [4.78, 5) is 14.1. The van der Waals surface area contributed by atoms with Gasteiger partial charge in [-0.15, -0.1) is 0 Å². The van der Waals surface area contributed by atoms with Gasteiger partial charge in [-0.05, 0) is 32.7 Å². The summed E-state index contributed by atoms with van der Waals surface area (Å²) in [6.07, 6.45) is 6.73. The van der Waals surface area contributed by atoms with Crippen molar-refractivity contribution in [2.75, 3.05) is 20.1 Å². The van der Waals surface area contributed by atoms with Crippen molar-refractivity contribution in [1.29, 1.82) is 0 Å². The molecule has 0 saturated heterocycles. The van der Waals surface area contributed by atoms with Gasteiger partial charge in [-0.25, -0.2) is 0 Å². The molecule has 1 rings (SSSR count). The predicted molar refractivity (Wildman–Crippen MR) is 75.4 cm³/mol. The molecule has 1 fully saturated rings. The largest absolute Gasteiger partial charge is 0.352 e. The van der Waals surface area contributed by atoms with E-state index < -0.39 is 0 Å². The van der Waals surface area contributed by atoms with Gasteiger partial charge in [0, 0.05) is 18.1 Å². The molecular weight excluding hydrogens is 226 g/mol. The third-order valence-corrected chi connectivity index (χ3v) is 4.61. The van der Waals surface area contributed by atoms with Crippen LogP contribution in [-0.2, 0) is 4.79 Å². The Morgan fingerprint density at radius 1 is 1.33 bits per heavy atom. The Kier molecular flexibility index (Phi) is 6.09. The second kappa shape index (κ2) is 7.10. The maximum absolute atomic E-state index is 12.0. The topological polar surface area (TPSA) is 58.4 Å². The lowest BCUT2D eigenvalue weighted by Crippen LogP contribution is -2.54. The summed E-state index contributed by atoms with van der Waals surface area (Å²) in [6.45, 7) is 5.34. The number of nitrogens with one attached hydrogen (secondary N) is 1. The fraction of sp³-hybridized carbons (Fsp3) is 0.929. The molecule has 0 bridgehead atoms. The number of nitrogens with two attached hydrogens (primary N) is 1. The normalized spacial score (nSPS) is 17.4. The molecule has 1 aliphatic carbocycles. The number of hydrogen-bond acceptors (Lipinski definition) is 3. The van der Waals surface area contributed by atoms with E-state index in [2.05, 4.69) is 24.1 Å². The van der Waals surface area contributed by atoms with Crippen LogP contribution in [0.2, 0.25) is 0 Å². The molecule has 0 aromatic rings. The van der Waals surface area contributed by atoms with E-state index in [1.807, 2.05) is 7.05 Å². The van der Waals surface area contributed by atoms with Gasteiger partial charge in [0.1, 0.15) is 0 Å². The number of nitrogens with zero attached hydrogens (tertiary/aromatic N) is 1. The van der Waals surface area contributed by atoms with Gasteiger partial charge >= 0.3 is 0 Å². The van der Waals surface area contributed by atoms with Crippen molar-refractivity contribution in [3.63, 3.8) is 0 Å². The van der Waals surface area contributed by atoms with Crippen LogP contribution in [0.25, 0.3) is 0 Å².